The highest BCUT2D eigenvalue weighted by Crippen LogP contribution is 2.31. The van der Waals surface area contributed by atoms with Gasteiger partial charge in [-0.2, -0.15) is 0 Å². The quantitative estimate of drug-likeness (QED) is 0.780. The van der Waals surface area contributed by atoms with Gasteiger partial charge in [0.15, 0.2) is 0 Å². The van der Waals surface area contributed by atoms with Crippen molar-refractivity contribution in [3.05, 3.63) is 18.0 Å². The minimum atomic E-state index is 0.216. The Labute approximate surface area is 85.0 Å². The summed E-state index contributed by atoms with van der Waals surface area (Å²) in [5, 5.41) is 3.44. The average molecular weight is 191 g/mol. The first kappa shape index (κ1) is 9.44. The molecule has 0 unspecified atom stereocenters. The van der Waals surface area contributed by atoms with Crippen molar-refractivity contribution in [3.8, 4) is 0 Å². The van der Waals surface area contributed by atoms with Crippen molar-refractivity contribution in [1.29, 1.82) is 0 Å². The maximum absolute atomic E-state index is 4.36. The molecule has 1 aromatic rings. The van der Waals surface area contributed by atoms with Gasteiger partial charge in [-0.15, -0.1) is 0 Å². The smallest absolute Gasteiger partial charge is 0.223 e. The molecule has 0 bridgehead atoms. The van der Waals surface area contributed by atoms with Gasteiger partial charge in [-0.05, 0) is 32.8 Å². The van der Waals surface area contributed by atoms with Crippen molar-refractivity contribution < 1.29 is 0 Å². The molecule has 1 heterocycles. The van der Waals surface area contributed by atoms with Crippen LogP contribution in [0.25, 0.3) is 0 Å². The number of hydrogen-bond donors (Lipinski definition) is 1. The third-order valence-electron chi connectivity index (χ3n) is 2.92. The normalized spacial score (nSPS) is 19.6. The SMILES string of the molecule is Cc1ccnc(NC2(C)CCCC2)n1. The average Bonchev–Trinajstić information content (AvgIpc) is 2.51. The molecule has 0 aliphatic heterocycles. The summed E-state index contributed by atoms with van der Waals surface area (Å²) in [4.78, 5) is 8.59. The third-order valence-corrected chi connectivity index (χ3v) is 2.92. The van der Waals surface area contributed by atoms with Crippen LogP contribution in [0, 0.1) is 6.92 Å². The van der Waals surface area contributed by atoms with Crippen molar-refractivity contribution in [2.75, 3.05) is 5.32 Å². The van der Waals surface area contributed by atoms with Crippen LogP contribution < -0.4 is 5.32 Å². The highest BCUT2D eigenvalue weighted by molar-refractivity contribution is 5.29. The van der Waals surface area contributed by atoms with E-state index in [1.54, 1.807) is 0 Å². The Morgan fingerprint density at radius 2 is 2.07 bits per heavy atom. The van der Waals surface area contributed by atoms with E-state index in [2.05, 4.69) is 22.2 Å². The molecule has 3 nitrogen and oxygen atoms in total. The van der Waals surface area contributed by atoms with Crippen molar-refractivity contribution in [2.24, 2.45) is 0 Å². The lowest BCUT2D eigenvalue weighted by molar-refractivity contribution is 0.528. The number of nitrogens with zero attached hydrogens (tertiary/aromatic N) is 2. The molecule has 1 N–H and O–H groups in total. The van der Waals surface area contributed by atoms with Crippen molar-refractivity contribution in [1.82, 2.24) is 9.97 Å². The van der Waals surface area contributed by atoms with Crippen LogP contribution in [-0.2, 0) is 0 Å². The van der Waals surface area contributed by atoms with E-state index >= 15 is 0 Å². The molecular formula is C11H17N3. The van der Waals surface area contributed by atoms with Crippen LogP contribution in [0.5, 0.6) is 0 Å². The number of nitrogens with one attached hydrogen (secondary N) is 1. The van der Waals surface area contributed by atoms with E-state index in [9.17, 15) is 0 Å². The number of hydrogen-bond acceptors (Lipinski definition) is 3. The van der Waals surface area contributed by atoms with E-state index < -0.39 is 0 Å². The molecule has 2 rings (SSSR count). The molecular weight excluding hydrogens is 174 g/mol. The molecule has 0 amide bonds. The summed E-state index contributed by atoms with van der Waals surface area (Å²) in [7, 11) is 0. The molecule has 0 atom stereocenters. The van der Waals surface area contributed by atoms with E-state index in [1.807, 2.05) is 19.2 Å². The van der Waals surface area contributed by atoms with Gasteiger partial charge in [0, 0.05) is 17.4 Å². The topological polar surface area (TPSA) is 37.8 Å². The minimum absolute atomic E-state index is 0.216. The largest absolute Gasteiger partial charge is 0.349 e. The van der Waals surface area contributed by atoms with Crippen LogP contribution in [0.4, 0.5) is 5.95 Å². The molecule has 76 valence electrons. The number of anilines is 1. The Hall–Kier alpha value is -1.12. The summed E-state index contributed by atoms with van der Waals surface area (Å²) < 4.78 is 0. The van der Waals surface area contributed by atoms with Gasteiger partial charge in [-0.25, -0.2) is 9.97 Å². The third kappa shape index (κ3) is 2.03. The Kier molecular flexibility index (Phi) is 2.40. The van der Waals surface area contributed by atoms with Gasteiger partial charge < -0.3 is 5.32 Å². The maximum Gasteiger partial charge on any atom is 0.223 e. The molecule has 1 aliphatic rings. The molecule has 14 heavy (non-hydrogen) atoms. The van der Waals surface area contributed by atoms with Crippen LogP contribution in [0.2, 0.25) is 0 Å². The molecule has 1 aliphatic carbocycles. The molecule has 0 radical (unpaired) electrons. The summed E-state index contributed by atoms with van der Waals surface area (Å²) in [5.74, 6) is 0.773. The molecule has 0 aromatic carbocycles. The standard InChI is InChI=1S/C11H17N3/c1-9-5-8-12-10(13-9)14-11(2)6-3-4-7-11/h5,8H,3-4,6-7H2,1-2H3,(H,12,13,14). The van der Waals surface area contributed by atoms with Gasteiger partial charge in [-0.1, -0.05) is 12.8 Å². The molecule has 0 spiro atoms. The Morgan fingerprint density at radius 3 is 2.71 bits per heavy atom. The molecule has 3 heteroatoms. The summed E-state index contributed by atoms with van der Waals surface area (Å²) in [6.45, 7) is 4.25. The van der Waals surface area contributed by atoms with Crippen LogP contribution in [0.3, 0.4) is 0 Å². The monoisotopic (exact) mass is 191 g/mol. The van der Waals surface area contributed by atoms with Gasteiger partial charge in [-0.3, -0.25) is 0 Å². The van der Waals surface area contributed by atoms with Crippen molar-refractivity contribution in [2.45, 2.75) is 45.1 Å². The van der Waals surface area contributed by atoms with Crippen molar-refractivity contribution >= 4 is 5.95 Å². The van der Waals surface area contributed by atoms with E-state index in [-0.39, 0.29) is 5.54 Å². The van der Waals surface area contributed by atoms with Crippen LogP contribution in [-0.4, -0.2) is 15.5 Å². The van der Waals surface area contributed by atoms with Crippen molar-refractivity contribution in [3.63, 3.8) is 0 Å². The summed E-state index contributed by atoms with van der Waals surface area (Å²) in [5.41, 5.74) is 1.23. The zero-order chi connectivity index (χ0) is 10.0. The fraction of sp³-hybridized carbons (Fsp3) is 0.636. The minimum Gasteiger partial charge on any atom is -0.349 e. The highest BCUT2D eigenvalue weighted by atomic mass is 15.1. The number of aryl methyl sites for hydroxylation is 1. The molecule has 0 saturated heterocycles. The second-order valence-electron chi connectivity index (χ2n) is 4.41. The lowest BCUT2D eigenvalue weighted by Gasteiger charge is -2.25. The van der Waals surface area contributed by atoms with E-state index in [0.29, 0.717) is 0 Å². The Morgan fingerprint density at radius 1 is 1.36 bits per heavy atom. The fourth-order valence-corrected chi connectivity index (χ4v) is 2.06. The second-order valence-corrected chi connectivity index (χ2v) is 4.41. The Balaban J connectivity index is 2.10. The van der Waals surface area contributed by atoms with Crippen LogP contribution >= 0.6 is 0 Å². The van der Waals surface area contributed by atoms with Crippen LogP contribution in [0.15, 0.2) is 12.3 Å². The predicted octanol–water partition coefficient (Wildman–Crippen LogP) is 2.53. The van der Waals surface area contributed by atoms with Gasteiger partial charge in [0.1, 0.15) is 0 Å². The summed E-state index contributed by atoms with van der Waals surface area (Å²) in [6, 6.07) is 1.92. The zero-order valence-corrected chi connectivity index (χ0v) is 8.88. The lowest BCUT2D eigenvalue weighted by Crippen LogP contribution is -2.31. The van der Waals surface area contributed by atoms with E-state index in [4.69, 9.17) is 0 Å². The van der Waals surface area contributed by atoms with E-state index in [1.165, 1.54) is 25.7 Å². The van der Waals surface area contributed by atoms with Gasteiger partial charge in [0.2, 0.25) is 5.95 Å². The highest BCUT2D eigenvalue weighted by Gasteiger charge is 2.28. The molecule has 1 saturated carbocycles. The Bertz CT molecular complexity index is 316. The molecule has 1 aromatic heterocycles. The van der Waals surface area contributed by atoms with Crippen LogP contribution in [0.1, 0.15) is 38.3 Å². The first-order chi connectivity index (χ1) is 6.68. The van der Waals surface area contributed by atoms with Gasteiger partial charge >= 0.3 is 0 Å². The second kappa shape index (κ2) is 3.56. The number of rotatable bonds is 2. The summed E-state index contributed by atoms with van der Waals surface area (Å²) >= 11 is 0. The predicted molar refractivity (Wildman–Crippen MR) is 57.3 cm³/mol. The maximum atomic E-state index is 4.36. The lowest BCUT2D eigenvalue weighted by atomic mass is 10.0. The van der Waals surface area contributed by atoms with E-state index in [0.717, 1.165) is 11.6 Å². The fourth-order valence-electron chi connectivity index (χ4n) is 2.06. The van der Waals surface area contributed by atoms with Gasteiger partial charge in [0.05, 0.1) is 0 Å². The first-order valence-electron chi connectivity index (χ1n) is 5.26. The first-order valence-corrected chi connectivity index (χ1v) is 5.26. The zero-order valence-electron chi connectivity index (χ0n) is 8.88. The number of aromatic nitrogens is 2. The molecule has 1 fully saturated rings. The summed E-state index contributed by atoms with van der Waals surface area (Å²) in [6.07, 6.45) is 6.89. The van der Waals surface area contributed by atoms with Gasteiger partial charge in [0.25, 0.3) is 0 Å².